The molecule has 1 N–H and O–H groups in total. The van der Waals surface area contributed by atoms with E-state index in [0.29, 0.717) is 13.2 Å². The lowest BCUT2D eigenvalue weighted by molar-refractivity contribution is -0.267. The minimum atomic E-state index is -1.04. The summed E-state index contributed by atoms with van der Waals surface area (Å²) in [5.41, 5.74) is 2.92. The molecule has 0 amide bonds. The van der Waals surface area contributed by atoms with Gasteiger partial charge in [-0.25, -0.2) is 4.79 Å². The van der Waals surface area contributed by atoms with E-state index in [1.54, 1.807) is 0 Å². The van der Waals surface area contributed by atoms with Crippen LogP contribution in [0.4, 0.5) is 0 Å². The fourth-order valence-electron chi connectivity index (χ4n) is 4.45. The van der Waals surface area contributed by atoms with Crippen LogP contribution in [0, 0.1) is 0 Å². The molecule has 7 heteroatoms. The van der Waals surface area contributed by atoms with Crippen LogP contribution in [-0.4, -0.2) is 55.3 Å². The van der Waals surface area contributed by atoms with Gasteiger partial charge in [0.05, 0.1) is 33.0 Å². The van der Waals surface area contributed by atoms with Crippen molar-refractivity contribution in [1.82, 2.24) is 0 Å². The highest BCUT2D eigenvalue weighted by Gasteiger charge is 2.51. The zero-order valence-corrected chi connectivity index (χ0v) is 21.0. The van der Waals surface area contributed by atoms with Crippen LogP contribution in [0.2, 0.25) is 0 Å². The molecule has 3 aromatic carbocycles. The van der Waals surface area contributed by atoms with Gasteiger partial charge in [-0.15, -0.1) is 0 Å². The van der Waals surface area contributed by atoms with E-state index >= 15 is 0 Å². The van der Waals surface area contributed by atoms with Crippen molar-refractivity contribution in [2.75, 3.05) is 13.7 Å². The largest absolute Gasteiger partial charge is 0.467 e. The van der Waals surface area contributed by atoms with Gasteiger partial charge >= 0.3 is 5.97 Å². The topological polar surface area (TPSA) is 83.5 Å². The second-order valence-corrected chi connectivity index (χ2v) is 8.91. The summed E-state index contributed by atoms with van der Waals surface area (Å²) in [5.74, 6) is -0.559. The Kier molecular flexibility index (Phi) is 10.2. The van der Waals surface area contributed by atoms with Crippen molar-refractivity contribution >= 4 is 5.97 Å². The highest BCUT2D eigenvalue weighted by atomic mass is 16.6. The molecular formula is C30H34O7. The van der Waals surface area contributed by atoms with Crippen molar-refractivity contribution < 1.29 is 33.6 Å². The van der Waals surface area contributed by atoms with Gasteiger partial charge < -0.3 is 28.8 Å². The van der Waals surface area contributed by atoms with Crippen LogP contribution >= 0.6 is 0 Å². The molecule has 4 rings (SSSR count). The molecule has 1 aliphatic rings. The van der Waals surface area contributed by atoms with E-state index in [9.17, 15) is 9.90 Å². The third-order valence-corrected chi connectivity index (χ3v) is 6.34. The molecule has 0 saturated carbocycles. The number of aliphatic hydroxyl groups is 1. The molecule has 0 aromatic heterocycles. The molecule has 0 spiro atoms. The van der Waals surface area contributed by atoms with Gasteiger partial charge in [0.15, 0.2) is 6.10 Å². The highest BCUT2D eigenvalue weighted by Crippen LogP contribution is 2.32. The van der Waals surface area contributed by atoms with E-state index in [0.717, 1.165) is 16.7 Å². The summed E-state index contributed by atoms with van der Waals surface area (Å²) < 4.78 is 30.4. The summed E-state index contributed by atoms with van der Waals surface area (Å²) in [7, 11) is 1.32. The third kappa shape index (κ3) is 7.47. The van der Waals surface area contributed by atoms with E-state index in [-0.39, 0.29) is 19.6 Å². The monoisotopic (exact) mass is 506 g/mol. The minimum Gasteiger partial charge on any atom is -0.467 e. The Morgan fingerprint density at radius 2 is 1.14 bits per heavy atom. The molecule has 7 nitrogen and oxygen atoms in total. The summed E-state index contributed by atoms with van der Waals surface area (Å²) >= 11 is 0. The first-order valence-corrected chi connectivity index (χ1v) is 12.5. The summed E-state index contributed by atoms with van der Waals surface area (Å²) in [4.78, 5) is 12.9. The standard InChI is InChI=1S/C30H34O7/c1-33-30(32)29-28(36-21-24-15-9-4-10-16-24)27(35-20-23-13-7-3-8-14-23)26(25(37-29)17-18-31)34-19-22-11-5-2-6-12-22/h2-16,25-29,31H,17-21H2,1H3/t25-,26-,27+,28-,29-/m0/s1. The van der Waals surface area contributed by atoms with Crippen molar-refractivity contribution in [2.24, 2.45) is 0 Å². The Labute approximate surface area is 217 Å². The molecule has 0 unspecified atom stereocenters. The zero-order chi connectivity index (χ0) is 25.9. The van der Waals surface area contributed by atoms with Gasteiger partial charge in [-0.1, -0.05) is 91.0 Å². The lowest BCUT2D eigenvalue weighted by Gasteiger charge is -2.45. The summed E-state index contributed by atoms with van der Waals surface area (Å²) in [6.45, 7) is 0.728. The number of hydrogen-bond acceptors (Lipinski definition) is 7. The van der Waals surface area contributed by atoms with Crippen LogP contribution in [0.5, 0.6) is 0 Å². The average molecular weight is 507 g/mol. The van der Waals surface area contributed by atoms with E-state index in [4.69, 9.17) is 23.7 Å². The Bertz CT molecular complexity index is 1060. The van der Waals surface area contributed by atoms with Crippen LogP contribution in [-0.2, 0) is 48.3 Å². The predicted molar refractivity (Wildman–Crippen MR) is 137 cm³/mol. The van der Waals surface area contributed by atoms with Crippen molar-refractivity contribution in [1.29, 1.82) is 0 Å². The van der Waals surface area contributed by atoms with Crippen molar-refractivity contribution in [3.05, 3.63) is 108 Å². The molecule has 196 valence electrons. The molecule has 0 radical (unpaired) electrons. The number of hydrogen-bond donors (Lipinski definition) is 1. The predicted octanol–water partition coefficient (Wildman–Crippen LogP) is 4.07. The number of rotatable bonds is 12. The SMILES string of the molecule is COC(=O)[C@H]1O[C@@H](CCO)[C@H](OCc2ccccc2)[C@@H](OCc2ccccc2)[C@@H]1OCc1ccccc1. The molecule has 37 heavy (non-hydrogen) atoms. The van der Waals surface area contributed by atoms with Crippen molar-refractivity contribution in [2.45, 2.75) is 56.8 Å². The number of carbonyl (C=O) groups excluding carboxylic acids is 1. The van der Waals surface area contributed by atoms with Gasteiger partial charge in [-0.3, -0.25) is 0 Å². The average Bonchev–Trinajstić information content (AvgIpc) is 2.95. The fourth-order valence-corrected chi connectivity index (χ4v) is 4.45. The van der Waals surface area contributed by atoms with Gasteiger partial charge in [0.2, 0.25) is 0 Å². The van der Waals surface area contributed by atoms with Crippen LogP contribution in [0.1, 0.15) is 23.1 Å². The maximum absolute atomic E-state index is 12.9. The summed E-state index contributed by atoms with van der Waals surface area (Å²) in [6.07, 6.45) is -3.44. The maximum Gasteiger partial charge on any atom is 0.337 e. The van der Waals surface area contributed by atoms with Crippen LogP contribution < -0.4 is 0 Å². The minimum absolute atomic E-state index is 0.134. The molecule has 1 heterocycles. The summed E-state index contributed by atoms with van der Waals surface area (Å²) in [6, 6.07) is 29.3. The molecule has 3 aromatic rings. The molecule has 1 aliphatic heterocycles. The fraction of sp³-hybridized carbons (Fsp3) is 0.367. The van der Waals surface area contributed by atoms with E-state index in [1.165, 1.54) is 7.11 Å². The number of esters is 1. The molecule has 5 atom stereocenters. The Hall–Kier alpha value is -3.07. The number of benzene rings is 3. The number of aliphatic hydroxyl groups excluding tert-OH is 1. The van der Waals surface area contributed by atoms with Crippen molar-refractivity contribution in [3.8, 4) is 0 Å². The quantitative estimate of drug-likeness (QED) is 0.371. The van der Waals surface area contributed by atoms with Crippen LogP contribution in [0.15, 0.2) is 91.0 Å². The van der Waals surface area contributed by atoms with Crippen LogP contribution in [0.25, 0.3) is 0 Å². The Morgan fingerprint density at radius 3 is 1.57 bits per heavy atom. The molecular weight excluding hydrogens is 472 g/mol. The Morgan fingerprint density at radius 1 is 0.703 bits per heavy atom. The summed E-state index contributed by atoms with van der Waals surface area (Å²) in [5, 5.41) is 9.79. The highest BCUT2D eigenvalue weighted by molar-refractivity contribution is 5.75. The molecule has 0 aliphatic carbocycles. The lowest BCUT2D eigenvalue weighted by Crippen LogP contribution is -2.62. The first-order chi connectivity index (χ1) is 18.2. The first-order valence-electron chi connectivity index (χ1n) is 12.5. The molecule has 1 fully saturated rings. The number of ether oxygens (including phenoxy) is 5. The normalized spacial score (nSPS) is 23.5. The van der Waals surface area contributed by atoms with E-state index < -0.39 is 36.5 Å². The maximum atomic E-state index is 12.9. The second kappa shape index (κ2) is 14.0. The van der Waals surface area contributed by atoms with Gasteiger partial charge in [0.1, 0.15) is 18.3 Å². The molecule has 1 saturated heterocycles. The van der Waals surface area contributed by atoms with E-state index in [2.05, 4.69) is 0 Å². The zero-order valence-electron chi connectivity index (χ0n) is 21.0. The second-order valence-electron chi connectivity index (χ2n) is 8.91. The molecule has 0 bridgehead atoms. The third-order valence-electron chi connectivity index (χ3n) is 6.34. The van der Waals surface area contributed by atoms with E-state index in [1.807, 2.05) is 91.0 Å². The van der Waals surface area contributed by atoms with Gasteiger partial charge in [0.25, 0.3) is 0 Å². The van der Waals surface area contributed by atoms with Crippen LogP contribution in [0.3, 0.4) is 0 Å². The van der Waals surface area contributed by atoms with Gasteiger partial charge in [-0.2, -0.15) is 0 Å². The van der Waals surface area contributed by atoms with Crippen molar-refractivity contribution in [3.63, 3.8) is 0 Å². The number of carbonyl (C=O) groups is 1. The van der Waals surface area contributed by atoms with Gasteiger partial charge in [-0.05, 0) is 23.1 Å². The smallest absolute Gasteiger partial charge is 0.337 e. The lowest BCUT2D eigenvalue weighted by atomic mass is 9.92. The number of methoxy groups -OCH3 is 1. The Balaban J connectivity index is 1.63. The van der Waals surface area contributed by atoms with Gasteiger partial charge in [0, 0.05) is 6.61 Å². The first kappa shape index (κ1) is 27.0.